The van der Waals surface area contributed by atoms with Gasteiger partial charge in [0.2, 0.25) is 0 Å². The molecular formula is C29H31NO3. The summed E-state index contributed by atoms with van der Waals surface area (Å²) in [5.74, 6) is 1.86. The highest BCUT2D eigenvalue weighted by molar-refractivity contribution is 5.75. The molecule has 3 aromatic carbocycles. The second-order valence-electron chi connectivity index (χ2n) is 8.89. The minimum absolute atomic E-state index is 0.173. The Balaban J connectivity index is 1.28. The van der Waals surface area contributed by atoms with Gasteiger partial charge in [-0.05, 0) is 79.4 Å². The monoisotopic (exact) mass is 441 g/mol. The Labute approximate surface area is 196 Å². The minimum atomic E-state index is -0.173. The molecule has 0 radical (unpaired) electrons. The molecule has 0 amide bonds. The number of phenols is 1. The third kappa shape index (κ3) is 5.40. The van der Waals surface area contributed by atoms with Crippen LogP contribution in [-0.4, -0.2) is 36.2 Å². The standard InChI is InChI=1S/C29H31NO3/c31-25-11-14-27-24(20-28(33-29(27)21-25)23-7-3-1-4-8-23)19-22-9-12-26(13-10-22)32-18-17-30-15-5-2-6-16-30/h1,3-4,7-14,20-21,28,31H,2,5-6,15-19H2. The number of phenolic OH excluding ortho intramolecular Hbond substituents is 1. The average molecular weight is 442 g/mol. The molecular weight excluding hydrogens is 410 g/mol. The molecule has 0 bridgehead atoms. The van der Waals surface area contributed by atoms with Crippen molar-refractivity contribution in [2.75, 3.05) is 26.2 Å². The Morgan fingerprint density at radius 3 is 2.48 bits per heavy atom. The summed E-state index contributed by atoms with van der Waals surface area (Å²) in [6.07, 6.45) is 6.79. The van der Waals surface area contributed by atoms with Crippen LogP contribution in [0.1, 0.15) is 42.1 Å². The van der Waals surface area contributed by atoms with Crippen molar-refractivity contribution in [1.29, 1.82) is 0 Å². The van der Waals surface area contributed by atoms with Gasteiger partial charge in [-0.1, -0.05) is 48.9 Å². The van der Waals surface area contributed by atoms with Gasteiger partial charge in [0.05, 0.1) is 0 Å². The summed E-state index contributed by atoms with van der Waals surface area (Å²) in [6, 6.07) is 24.0. The van der Waals surface area contributed by atoms with E-state index in [0.29, 0.717) is 0 Å². The first-order chi connectivity index (χ1) is 16.2. The first-order valence-electron chi connectivity index (χ1n) is 11.9. The van der Waals surface area contributed by atoms with Crippen LogP contribution >= 0.6 is 0 Å². The lowest BCUT2D eigenvalue weighted by molar-refractivity contribution is 0.183. The van der Waals surface area contributed by atoms with Crippen molar-refractivity contribution >= 4 is 5.57 Å². The summed E-state index contributed by atoms with van der Waals surface area (Å²) in [5, 5.41) is 9.99. The van der Waals surface area contributed by atoms with Crippen molar-refractivity contribution in [1.82, 2.24) is 4.90 Å². The summed E-state index contributed by atoms with van der Waals surface area (Å²) >= 11 is 0. The number of nitrogens with zero attached hydrogens (tertiary/aromatic N) is 1. The number of piperidine rings is 1. The van der Waals surface area contributed by atoms with E-state index in [2.05, 4.69) is 47.4 Å². The highest BCUT2D eigenvalue weighted by Crippen LogP contribution is 2.40. The van der Waals surface area contributed by atoms with Gasteiger partial charge in [-0.3, -0.25) is 4.90 Å². The SMILES string of the molecule is Oc1ccc2c(c1)OC(c1ccccc1)C=C2Cc1ccc(OCCN2CCCCC2)cc1. The molecule has 1 atom stereocenters. The molecule has 1 saturated heterocycles. The van der Waals surface area contributed by atoms with Gasteiger partial charge in [0.15, 0.2) is 0 Å². The molecule has 0 saturated carbocycles. The van der Waals surface area contributed by atoms with E-state index < -0.39 is 0 Å². The first kappa shape index (κ1) is 21.6. The van der Waals surface area contributed by atoms with Gasteiger partial charge in [-0.2, -0.15) is 0 Å². The predicted octanol–water partition coefficient (Wildman–Crippen LogP) is 6.02. The van der Waals surface area contributed by atoms with Crippen molar-refractivity contribution in [3.05, 3.63) is 95.6 Å². The van der Waals surface area contributed by atoms with E-state index in [1.165, 1.54) is 43.5 Å². The Kier molecular flexibility index (Phi) is 6.63. The lowest BCUT2D eigenvalue weighted by Gasteiger charge is -2.26. The van der Waals surface area contributed by atoms with Crippen LogP contribution < -0.4 is 9.47 Å². The van der Waals surface area contributed by atoms with Crippen molar-refractivity contribution in [2.45, 2.75) is 31.8 Å². The predicted molar refractivity (Wildman–Crippen MR) is 132 cm³/mol. The van der Waals surface area contributed by atoms with Crippen molar-refractivity contribution in [3.8, 4) is 17.2 Å². The molecule has 1 unspecified atom stereocenters. The molecule has 0 spiro atoms. The molecule has 2 aliphatic rings. The van der Waals surface area contributed by atoms with E-state index in [9.17, 15) is 5.11 Å². The molecule has 0 aromatic heterocycles. The zero-order chi connectivity index (χ0) is 22.5. The number of aromatic hydroxyl groups is 1. The Morgan fingerprint density at radius 2 is 1.70 bits per heavy atom. The van der Waals surface area contributed by atoms with Crippen molar-refractivity contribution in [3.63, 3.8) is 0 Å². The van der Waals surface area contributed by atoms with Gasteiger partial charge in [-0.15, -0.1) is 0 Å². The molecule has 170 valence electrons. The van der Waals surface area contributed by atoms with Gasteiger partial charge in [0.25, 0.3) is 0 Å². The smallest absolute Gasteiger partial charge is 0.143 e. The second-order valence-corrected chi connectivity index (χ2v) is 8.89. The molecule has 1 N–H and O–H groups in total. The molecule has 33 heavy (non-hydrogen) atoms. The van der Waals surface area contributed by atoms with Gasteiger partial charge in [0, 0.05) is 18.2 Å². The second kappa shape index (κ2) is 10.1. The highest BCUT2D eigenvalue weighted by atomic mass is 16.5. The Hall–Kier alpha value is -3.24. The third-order valence-electron chi connectivity index (χ3n) is 6.49. The summed E-state index contributed by atoms with van der Waals surface area (Å²) in [7, 11) is 0. The zero-order valence-corrected chi connectivity index (χ0v) is 19.0. The Morgan fingerprint density at radius 1 is 0.909 bits per heavy atom. The number of benzene rings is 3. The summed E-state index contributed by atoms with van der Waals surface area (Å²) in [5.41, 5.74) is 4.55. The quantitative estimate of drug-likeness (QED) is 0.487. The maximum Gasteiger partial charge on any atom is 0.143 e. The summed E-state index contributed by atoms with van der Waals surface area (Å²) < 4.78 is 12.2. The van der Waals surface area contributed by atoms with E-state index in [1.54, 1.807) is 12.1 Å². The number of allylic oxidation sites excluding steroid dienone is 1. The highest BCUT2D eigenvalue weighted by Gasteiger charge is 2.22. The van der Waals surface area contributed by atoms with E-state index >= 15 is 0 Å². The van der Waals surface area contributed by atoms with E-state index in [1.807, 2.05) is 24.3 Å². The van der Waals surface area contributed by atoms with Crippen LogP contribution in [0.3, 0.4) is 0 Å². The topological polar surface area (TPSA) is 41.9 Å². The van der Waals surface area contributed by atoms with E-state index in [-0.39, 0.29) is 11.9 Å². The third-order valence-corrected chi connectivity index (χ3v) is 6.49. The van der Waals surface area contributed by atoms with Crippen LogP contribution in [0.15, 0.2) is 78.9 Å². The van der Waals surface area contributed by atoms with Crippen LogP contribution in [0.2, 0.25) is 0 Å². The fourth-order valence-corrected chi connectivity index (χ4v) is 4.68. The Bertz CT molecular complexity index is 1090. The van der Waals surface area contributed by atoms with E-state index in [0.717, 1.165) is 42.2 Å². The number of ether oxygens (including phenoxy) is 2. The first-order valence-corrected chi connectivity index (χ1v) is 11.9. The minimum Gasteiger partial charge on any atom is -0.508 e. The van der Waals surface area contributed by atoms with Gasteiger partial charge in [0.1, 0.15) is 30.0 Å². The number of rotatable bonds is 7. The number of hydrogen-bond donors (Lipinski definition) is 1. The maximum atomic E-state index is 9.99. The zero-order valence-electron chi connectivity index (χ0n) is 19.0. The van der Waals surface area contributed by atoms with Gasteiger partial charge < -0.3 is 14.6 Å². The normalized spacial score (nSPS) is 18.2. The van der Waals surface area contributed by atoms with Crippen LogP contribution in [0, 0.1) is 0 Å². The fraction of sp³-hybridized carbons (Fsp3) is 0.310. The molecule has 2 heterocycles. The van der Waals surface area contributed by atoms with Crippen LogP contribution in [0.5, 0.6) is 17.2 Å². The van der Waals surface area contributed by atoms with E-state index in [4.69, 9.17) is 9.47 Å². The number of hydrogen-bond acceptors (Lipinski definition) is 4. The molecule has 0 aliphatic carbocycles. The molecule has 4 heteroatoms. The van der Waals surface area contributed by atoms with Crippen molar-refractivity contribution < 1.29 is 14.6 Å². The molecule has 5 rings (SSSR count). The molecule has 2 aliphatic heterocycles. The number of fused-ring (bicyclic) bond motifs is 1. The van der Waals surface area contributed by atoms with Crippen LogP contribution in [-0.2, 0) is 6.42 Å². The maximum absolute atomic E-state index is 9.99. The van der Waals surface area contributed by atoms with Crippen LogP contribution in [0.25, 0.3) is 5.57 Å². The lowest BCUT2D eigenvalue weighted by Crippen LogP contribution is -2.33. The van der Waals surface area contributed by atoms with Crippen molar-refractivity contribution in [2.24, 2.45) is 0 Å². The summed E-state index contributed by atoms with van der Waals surface area (Å²) in [6.45, 7) is 4.13. The van der Waals surface area contributed by atoms with Gasteiger partial charge >= 0.3 is 0 Å². The molecule has 1 fully saturated rings. The summed E-state index contributed by atoms with van der Waals surface area (Å²) in [4.78, 5) is 2.49. The van der Waals surface area contributed by atoms with Crippen LogP contribution in [0.4, 0.5) is 0 Å². The average Bonchev–Trinajstić information content (AvgIpc) is 2.86. The number of likely N-dealkylation sites (tertiary alicyclic amines) is 1. The fourth-order valence-electron chi connectivity index (χ4n) is 4.68. The molecule has 3 aromatic rings. The van der Waals surface area contributed by atoms with Gasteiger partial charge in [-0.25, -0.2) is 0 Å². The lowest BCUT2D eigenvalue weighted by atomic mass is 9.92. The largest absolute Gasteiger partial charge is 0.508 e. The molecule has 4 nitrogen and oxygen atoms in total.